The molecule has 0 bridgehead atoms. The fourth-order valence-electron chi connectivity index (χ4n) is 1.79. The van der Waals surface area contributed by atoms with E-state index >= 15 is 0 Å². The van der Waals surface area contributed by atoms with Gasteiger partial charge >= 0.3 is 5.97 Å². The number of aromatic amines is 1. The SMILES string of the molecule is COc1cccc(NS(=O)(=O)c2c(C(=O)O)n[nH]c2C)c1. The fraction of sp³-hybridized carbons (Fsp3) is 0.167. The van der Waals surface area contributed by atoms with Gasteiger partial charge in [0, 0.05) is 6.07 Å². The Morgan fingerprint density at radius 2 is 2.14 bits per heavy atom. The van der Waals surface area contributed by atoms with Crippen molar-refractivity contribution in [2.75, 3.05) is 11.8 Å². The molecule has 0 fully saturated rings. The Morgan fingerprint density at radius 1 is 1.43 bits per heavy atom. The summed E-state index contributed by atoms with van der Waals surface area (Å²) < 4.78 is 32.0. The summed E-state index contributed by atoms with van der Waals surface area (Å²) in [4.78, 5) is 10.6. The molecule has 3 N–H and O–H groups in total. The van der Waals surface area contributed by atoms with Gasteiger partial charge in [0.1, 0.15) is 10.6 Å². The van der Waals surface area contributed by atoms with Crippen LogP contribution in [0.25, 0.3) is 0 Å². The molecule has 0 aliphatic carbocycles. The summed E-state index contributed by atoms with van der Waals surface area (Å²) in [5, 5.41) is 14.8. The number of carboxylic acids is 1. The Bertz CT molecular complexity index is 782. The molecule has 8 nitrogen and oxygen atoms in total. The zero-order chi connectivity index (χ0) is 15.6. The first-order valence-corrected chi connectivity index (χ1v) is 7.28. The number of carbonyl (C=O) groups is 1. The molecule has 1 aromatic carbocycles. The van der Waals surface area contributed by atoms with Crippen molar-refractivity contribution >= 4 is 21.7 Å². The van der Waals surface area contributed by atoms with Gasteiger partial charge in [0.15, 0.2) is 5.69 Å². The molecule has 0 aliphatic heterocycles. The van der Waals surface area contributed by atoms with Crippen LogP contribution in [-0.4, -0.2) is 36.8 Å². The van der Waals surface area contributed by atoms with Crippen molar-refractivity contribution < 1.29 is 23.1 Å². The summed E-state index contributed by atoms with van der Waals surface area (Å²) in [5.74, 6) is -0.956. The Balaban J connectivity index is 2.43. The van der Waals surface area contributed by atoms with Crippen molar-refractivity contribution in [2.45, 2.75) is 11.8 Å². The molecule has 0 saturated carbocycles. The summed E-state index contributed by atoms with van der Waals surface area (Å²) >= 11 is 0. The predicted octanol–water partition coefficient (Wildman–Crippen LogP) is 1.23. The second-order valence-electron chi connectivity index (χ2n) is 4.17. The minimum Gasteiger partial charge on any atom is -0.497 e. The van der Waals surface area contributed by atoms with E-state index in [0.717, 1.165) is 0 Å². The average Bonchev–Trinajstić information content (AvgIpc) is 2.81. The van der Waals surface area contributed by atoms with Crippen molar-refractivity contribution in [3.63, 3.8) is 0 Å². The lowest BCUT2D eigenvalue weighted by Crippen LogP contribution is -2.17. The van der Waals surface area contributed by atoms with Crippen LogP contribution in [0.5, 0.6) is 5.75 Å². The maximum Gasteiger partial charge on any atom is 0.357 e. The first-order chi connectivity index (χ1) is 9.85. The highest BCUT2D eigenvalue weighted by molar-refractivity contribution is 7.92. The number of methoxy groups -OCH3 is 1. The van der Waals surface area contributed by atoms with Crippen LogP contribution < -0.4 is 9.46 Å². The molecule has 2 rings (SSSR count). The zero-order valence-corrected chi connectivity index (χ0v) is 12.1. The minimum absolute atomic E-state index is 0.141. The molecule has 0 aliphatic rings. The van der Waals surface area contributed by atoms with Crippen molar-refractivity contribution in [3.05, 3.63) is 35.7 Å². The molecule has 1 aromatic heterocycles. The van der Waals surface area contributed by atoms with Crippen molar-refractivity contribution in [2.24, 2.45) is 0 Å². The van der Waals surface area contributed by atoms with E-state index in [1.165, 1.54) is 26.2 Å². The highest BCUT2D eigenvalue weighted by atomic mass is 32.2. The molecule has 2 aromatic rings. The Kier molecular flexibility index (Phi) is 3.85. The lowest BCUT2D eigenvalue weighted by Gasteiger charge is -2.09. The van der Waals surface area contributed by atoms with Gasteiger partial charge in [-0.2, -0.15) is 5.10 Å². The third-order valence-corrected chi connectivity index (χ3v) is 4.23. The second kappa shape index (κ2) is 5.44. The van der Waals surface area contributed by atoms with Crippen molar-refractivity contribution in [1.82, 2.24) is 10.2 Å². The number of H-pyrrole nitrogens is 1. The summed E-state index contributed by atoms with van der Waals surface area (Å²) in [5.41, 5.74) is -0.156. The van der Waals surface area contributed by atoms with Gasteiger partial charge in [-0.3, -0.25) is 9.82 Å². The van der Waals surface area contributed by atoms with E-state index in [1.54, 1.807) is 12.1 Å². The smallest absolute Gasteiger partial charge is 0.357 e. The number of hydrogen-bond donors (Lipinski definition) is 3. The number of aromatic carboxylic acids is 1. The van der Waals surface area contributed by atoms with Crippen LogP contribution in [0.3, 0.4) is 0 Å². The molecule has 0 atom stereocenters. The highest BCUT2D eigenvalue weighted by Crippen LogP contribution is 2.23. The number of sulfonamides is 1. The average molecular weight is 311 g/mol. The van der Waals surface area contributed by atoms with E-state index in [2.05, 4.69) is 14.9 Å². The molecule has 0 saturated heterocycles. The van der Waals surface area contributed by atoms with Crippen molar-refractivity contribution in [1.29, 1.82) is 0 Å². The number of nitrogens with zero attached hydrogens (tertiary/aromatic N) is 1. The fourth-order valence-corrected chi connectivity index (χ4v) is 3.16. The normalized spacial score (nSPS) is 11.1. The largest absolute Gasteiger partial charge is 0.497 e. The van der Waals surface area contributed by atoms with E-state index in [4.69, 9.17) is 9.84 Å². The second-order valence-corrected chi connectivity index (χ2v) is 5.79. The Hall–Kier alpha value is -2.55. The maximum absolute atomic E-state index is 12.3. The number of anilines is 1. The third kappa shape index (κ3) is 2.97. The number of ether oxygens (including phenoxy) is 1. The number of hydrogen-bond acceptors (Lipinski definition) is 5. The lowest BCUT2D eigenvalue weighted by molar-refractivity contribution is 0.0686. The number of aromatic nitrogens is 2. The summed E-state index contributed by atoms with van der Waals surface area (Å²) in [6.45, 7) is 1.43. The standard InChI is InChI=1S/C12H13N3O5S/c1-7-11(10(12(16)17)14-13-7)21(18,19)15-8-4-3-5-9(6-8)20-2/h3-6,15H,1-2H3,(H,13,14)(H,16,17). The number of carboxylic acid groups (broad SMARTS) is 1. The predicted molar refractivity (Wildman–Crippen MR) is 74.1 cm³/mol. The van der Waals surface area contributed by atoms with Crippen LogP contribution in [0.1, 0.15) is 16.2 Å². The molecule has 9 heteroatoms. The van der Waals surface area contributed by atoms with E-state index < -0.39 is 26.6 Å². The molecular weight excluding hydrogens is 298 g/mol. The molecule has 112 valence electrons. The highest BCUT2D eigenvalue weighted by Gasteiger charge is 2.28. The minimum atomic E-state index is -4.08. The zero-order valence-electron chi connectivity index (χ0n) is 11.2. The van der Waals surface area contributed by atoms with Crippen LogP contribution in [0, 0.1) is 6.92 Å². The molecule has 21 heavy (non-hydrogen) atoms. The Morgan fingerprint density at radius 3 is 2.76 bits per heavy atom. The molecule has 0 radical (unpaired) electrons. The quantitative estimate of drug-likeness (QED) is 0.763. The van der Waals surface area contributed by atoms with Crippen LogP contribution in [-0.2, 0) is 10.0 Å². The summed E-state index contributed by atoms with van der Waals surface area (Å²) in [6, 6.07) is 6.27. The topological polar surface area (TPSA) is 121 Å². The first kappa shape index (κ1) is 14.9. The number of benzene rings is 1. The van der Waals surface area contributed by atoms with Crippen LogP contribution in [0.2, 0.25) is 0 Å². The lowest BCUT2D eigenvalue weighted by atomic mass is 10.3. The van der Waals surface area contributed by atoms with Gasteiger partial charge in [-0.15, -0.1) is 0 Å². The van der Waals surface area contributed by atoms with Gasteiger partial charge in [-0.05, 0) is 19.1 Å². The number of rotatable bonds is 5. The molecular formula is C12H13N3O5S. The van der Waals surface area contributed by atoms with Gasteiger partial charge in [0.2, 0.25) is 0 Å². The van der Waals surface area contributed by atoms with E-state index in [0.29, 0.717) is 5.75 Å². The van der Waals surface area contributed by atoms with Gasteiger partial charge in [-0.1, -0.05) is 6.07 Å². The van der Waals surface area contributed by atoms with E-state index in [1.807, 2.05) is 0 Å². The number of aryl methyl sites for hydroxylation is 1. The molecule has 0 amide bonds. The Labute approximate surface area is 120 Å². The van der Waals surface area contributed by atoms with Crippen molar-refractivity contribution in [3.8, 4) is 5.75 Å². The molecule has 0 spiro atoms. The monoisotopic (exact) mass is 311 g/mol. The van der Waals surface area contributed by atoms with Gasteiger partial charge < -0.3 is 9.84 Å². The van der Waals surface area contributed by atoms with Crippen LogP contribution in [0.15, 0.2) is 29.2 Å². The van der Waals surface area contributed by atoms with Crippen LogP contribution in [0.4, 0.5) is 5.69 Å². The number of nitrogens with one attached hydrogen (secondary N) is 2. The maximum atomic E-state index is 12.3. The third-order valence-electron chi connectivity index (χ3n) is 2.68. The van der Waals surface area contributed by atoms with Gasteiger partial charge in [0.05, 0.1) is 18.5 Å². The van der Waals surface area contributed by atoms with Crippen LogP contribution >= 0.6 is 0 Å². The van der Waals surface area contributed by atoms with E-state index in [-0.39, 0.29) is 11.4 Å². The van der Waals surface area contributed by atoms with Gasteiger partial charge in [0.25, 0.3) is 10.0 Å². The molecule has 0 unspecified atom stereocenters. The summed E-state index contributed by atoms with van der Waals surface area (Å²) in [6.07, 6.45) is 0. The van der Waals surface area contributed by atoms with Gasteiger partial charge in [-0.25, -0.2) is 13.2 Å². The summed E-state index contributed by atoms with van der Waals surface area (Å²) in [7, 11) is -2.63. The first-order valence-electron chi connectivity index (χ1n) is 5.80. The van der Waals surface area contributed by atoms with E-state index in [9.17, 15) is 13.2 Å². The molecule has 1 heterocycles.